The maximum atomic E-state index is 5.01. The van der Waals surface area contributed by atoms with E-state index in [2.05, 4.69) is 225 Å². The van der Waals surface area contributed by atoms with Crippen molar-refractivity contribution >= 4 is 11.8 Å². The summed E-state index contributed by atoms with van der Waals surface area (Å²) in [6.07, 6.45) is 13.5. The summed E-state index contributed by atoms with van der Waals surface area (Å²) in [5, 5.41) is 19.3. The lowest BCUT2D eigenvalue weighted by Crippen LogP contribution is -2.40. The molecule has 12 heteroatoms. The number of H-pyrrole nitrogens is 1. The molecule has 0 spiro atoms. The molecule has 74 heavy (non-hydrogen) atoms. The van der Waals surface area contributed by atoms with E-state index < -0.39 is 0 Å². The first-order valence-electron chi connectivity index (χ1n) is 30.4. The molecule has 7 N–H and O–H groups in total. The van der Waals surface area contributed by atoms with Crippen molar-refractivity contribution < 1.29 is 4.74 Å². The van der Waals surface area contributed by atoms with Gasteiger partial charge >= 0.3 is 0 Å². The number of nitrogens with zero attached hydrogens (tertiary/aromatic N) is 3. The molecule has 1 aromatic heterocycles. The number of piperidine rings is 1. The first-order chi connectivity index (χ1) is 34.6. The van der Waals surface area contributed by atoms with Gasteiger partial charge in [0.05, 0.1) is 19.5 Å². The fourth-order valence-corrected chi connectivity index (χ4v) is 5.13. The standard InChI is InChI=1S/C6H13N.C5H12N2.C5H11N.C4H9NO.C4H9NS.C4H9N.7C4H10.C3H4N2.C3H7N/c1-6(2,3)7-4-5-7;1-7-4-2-6-3-5-7;1-2-4-6-5-3-1;2*1-3-6-4-2-5-1;1-2-4-5-3-1;7*1-4(2)3;1-2-5-3-4-1;1-2-4-3-1/h4-5H2,1-3H3;6H,2-5H2,1H3;6H,1-5H2;2*5H,1-4H2;5H,1-4H2;7*4H,1-3H3;1-3H,(H,4,5);4H,1-3H2. The topological polar surface area (TPSA) is 116 Å². The zero-order valence-electron chi connectivity index (χ0n) is 55.3. The Bertz CT molecular complexity index is 823. The van der Waals surface area contributed by atoms with Crippen LogP contribution in [-0.4, -0.2) is 162 Å². The summed E-state index contributed by atoms with van der Waals surface area (Å²) in [5.74, 6) is 8.44. The molecule has 0 bridgehead atoms. The quantitative estimate of drug-likeness (QED) is 0.126. The normalized spacial score (nSPS) is 17.2. The molecule has 0 aromatic carbocycles. The third kappa shape index (κ3) is 151. The number of hydrogen-bond acceptors (Lipinski definition) is 11. The van der Waals surface area contributed by atoms with Gasteiger partial charge in [-0.2, -0.15) is 11.8 Å². The van der Waals surface area contributed by atoms with Gasteiger partial charge < -0.3 is 46.5 Å². The molecular formula is C62H144N10OS. The molecule has 454 valence electrons. The van der Waals surface area contributed by atoms with Crippen molar-refractivity contribution in [1.29, 1.82) is 0 Å². The average Bonchev–Trinajstić information content (AvgIpc) is 3.64. The van der Waals surface area contributed by atoms with Crippen molar-refractivity contribution in [2.75, 3.05) is 136 Å². The minimum absolute atomic E-state index is 0.444. The smallest absolute Gasteiger partial charge is 0.0919 e. The second-order valence-electron chi connectivity index (χ2n) is 25.2. The molecular weight excluding hydrogens is 933 g/mol. The van der Waals surface area contributed by atoms with Gasteiger partial charge in [-0.1, -0.05) is 152 Å². The molecule has 7 fully saturated rings. The van der Waals surface area contributed by atoms with Crippen LogP contribution in [0.25, 0.3) is 0 Å². The van der Waals surface area contributed by atoms with Crippen molar-refractivity contribution in [3.63, 3.8) is 0 Å². The van der Waals surface area contributed by atoms with Crippen LogP contribution in [0.3, 0.4) is 0 Å². The van der Waals surface area contributed by atoms with E-state index in [1.807, 2.05) is 11.8 Å². The van der Waals surface area contributed by atoms with Gasteiger partial charge in [0.25, 0.3) is 0 Å². The van der Waals surface area contributed by atoms with Crippen molar-refractivity contribution in [2.45, 2.75) is 210 Å². The molecule has 11 nitrogen and oxygen atoms in total. The molecule has 0 unspecified atom stereocenters. The highest BCUT2D eigenvalue weighted by atomic mass is 32.2. The number of morpholine rings is 1. The average molecular weight is 1080 g/mol. The van der Waals surface area contributed by atoms with Crippen LogP contribution in [0.4, 0.5) is 0 Å². The fourth-order valence-electron chi connectivity index (χ4n) is 4.35. The molecule has 7 aliphatic rings. The number of rotatable bonds is 0. The number of aromatic nitrogens is 2. The minimum Gasteiger partial charge on any atom is -0.379 e. The molecule has 7 saturated heterocycles. The van der Waals surface area contributed by atoms with E-state index >= 15 is 0 Å². The predicted molar refractivity (Wildman–Crippen MR) is 344 cm³/mol. The molecule has 0 radical (unpaired) electrons. The van der Waals surface area contributed by atoms with Gasteiger partial charge in [-0.3, -0.25) is 4.90 Å². The lowest BCUT2D eigenvalue weighted by atomic mass is 10.1. The number of ether oxygens (including phenoxy) is 1. The van der Waals surface area contributed by atoms with Crippen LogP contribution in [0.15, 0.2) is 18.7 Å². The lowest BCUT2D eigenvalue weighted by molar-refractivity contribution is 0.109. The second kappa shape index (κ2) is 72.2. The van der Waals surface area contributed by atoms with E-state index in [0.717, 1.165) is 80.8 Å². The Balaban J connectivity index is -0.000000131. The summed E-state index contributed by atoms with van der Waals surface area (Å²) < 4.78 is 5.01. The summed E-state index contributed by atoms with van der Waals surface area (Å²) in [7, 11) is 2.15. The van der Waals surface area contributed by atoms with Gasteiger partial charge in [0.2, 0.25) is 0 Å². The van der Waals surface area contributed by atoms with Crippen LogP contribution in [0.5, 0.6) is 0 Å². The highest BCUT2D eigenvalue weighted by Gasteiger charge is 2.29. The van der Waals surface area contributed by atoms with Crippen molar-refractivity contribution in [3.8, 4) is 0 Å². The van der Waals surface area contributed by atoms with Crippen LogP contribution in [0.2, 0.25) is 0 Å². The summed E-state index contributed by atoms with van der Waals surface area (Å²) in [6.45, 7) is 73.4. The molecule has 0 aliphatic carbocycles. The number of hydrogen-bond donors (Lipinski definition) is 7. The summed E-state index contributed by atoms with van der Waals surface area (Å²) >= 11 is 2.03. The molecule has 0 saturated carbocycles. The van der Waals surface area contributed by atoms with Crippen molar-refractivity contribution in [1.82, 2.24) is 51.7 Å². The van der Waals surface area contributed by atoms with Crippen LogP contribution < -0.4 is 31.9 Å². The summed E-state index contributed by atoms with van der Waals surface area (Å²) in [5.41, 5.74) is 0.444. The van der Waals surface area contributed by atoms with Crippen molar-refractivity contribution in [3.05, 3.63) is 18.7 Å². The van der Waals surface area contributed by atoms with Gasteiger partial charge in [-0.15, -0.1) is 0 Å². The van der Waals surface area contributed by atoms with Crippen LogP contribution in [0, 0.1) is 41.4 Å². The lowest BCUT2D eigenvalue weighted by Gasteiger charge is -2.21. The molecule has 8 rings (SSSR count). The minimum atomic E-state index is 0.444. The third-order valence-corrected chi connectivity index (χ3v) is 8.69. The Labute approximate surface area is 472 Å². The Morgan fingerprint density at radius 2 is 0.689 bits per heavy atom. The van der Waals surface area contributed by atoms with Gasteiger partial charge in [0.15, 0.2) is 0 Å². The Kier molecular flexibility index (Phi) is 85.0. The van der Waals surface area contributed by atoms with Gasteiger partial charge in [0.1, 0.15) is 0 Å². The van der Waals surface area contributed by atoms with Crippen LogP contribution >= 0.6 is 11.8 Å². The zero-order chi connectivity index (χ0) is 58.3. The first-order valence-corrected chi connectivity index (χ1v) is 31.5. The van der Waals surface area contributed by atoms with E-state index in [1.165, 1.54) is 129 Å². The summed E-state index contributed by atoms with van der Waals surface area (Å²) in [4.78, 5) is 11.2. The van der Waals surface area contributed by atoms with Gasteiger partial charge in [-0.25, -0.2) is 4.98 Å². The number of nitrogens with one attached hydrogen (secondary N) is 7. The first kappa shape index (κ1) is 87.1. The maximum absolute atomic E-state index is 5.01. The Morgan fingerprint density at radius 1 is 0.405 bits per heavy atom. The number of aromatic amines is 1. The van der Waals surface area contributed by atoms with Gasteiger partial charge in [-0.05, 0) is 141 Å². The third-order valence-electron chi connectivity index (χ3n) is 7.71. The van der Waals surface area contributed by atoms with Crippen molar-refractivity contribution in [2.24, 2.45) is 41.4 Å². The molecule has 0 amide bonds. The highest BCUT2D eigenvalue weighted by Crippen LogP contribution is 2.20. The number of piperazine rings is 1. The molecule has 1 aromatic rings. The van der Waals surface area contributed by atoms with E-state index in [0.29, 0.717) is 5.54 Å². The molecule has 8 heterocycles. The SMILES string of the molecule is C1CCNC1.C1CCNCC1.C1CNC1.C1COCCN1.C1CSCCN1.CC(C)(C)N1CC1.CC(C)C.CC(C)C.CC(C)C.CC(C)C.CC(C)C.CC(C)C.CC(C)C.CN1CCNCC1.c1c[nH]cn1. The largest absolute Gasteiger partial charge is 0.379 e. The Hall–Kier alpha value is -0.800. The fraction of sp³-hybridized carbons (Fsp3) is 0.952. The monoisotopic (exact) mass is 1080 g/mol. The molecule has 7 aliphatic heterocycles. The number of thioether (sulfide) groups is 1. The summed E-state index contributed by atoms with van der Waals surface area (Å²) in [6, 6.07) is 0. The molecule has 0 atom stereocenters. The zero-order valence-corrected chi connectivity index (χ0v) is 56.1. The number of imidazole rings is 1. The van der Waals surface area contributed by atoms with E-state index in [1.54, 1.807) is 18.7 Å². The second-order valence-corrected chi connectivity index (χ2v) is 26.4. The van der Waals surface area contributed by atoms with E-state index in [4.69, 9.17) is 4.74 Å². The van der Waals surface area contributed by atoms with E-state index in [-0.39, 0.29) is 0 Å². The predicted octanol–water partition coefficient (Wildman–Crippen LogP) is 13.7. The number of likely N-dealkylation sites (N-methyl/N-ethyl adjacent to an activating group) is 1. The highest BCUT2D eigenvalue weighted by molar-refractivity contribution is 7.99. The van der Waals surface area contributed by atoms with Crippen LogP contribution in [-0.2, 0) is 4.74 Å². The Morgan fingerprint density at radius 3 is 0.784 bits per heavy atom. The maximum Gasteiger partial charge on any atom is 0.0919 e. The van der Waals surface area contributed by atoms with Crippen LogP contribution in [0.1, 0.15) is 205 Å². The van der Waals surface area contributed by atoms with Gasteiger partial charge in [0, 0.05) is 94.9 Å². The van der Waals surface area contributed by atoms with E-state index in [9.17, 15) is 0 Å².